The molecule has 1 atom stereocenters. The third kappa shape index (κ3) is 4.86. The van der Waals surface area contributed by atoms with Gasteiger partial charge in [-0.1, -0.05) is 23.7 Å². The van der Waals surface area contributed by atoms with Gasteiger partial charge in [-0.25, -0.2) is 0 Å². The number of ether oxygens (including phenoxy) is 4. The van der Waals surface area contributed by atoms with E-state index >= 15 is 0 Å². The summed E-state index contributed by atoms with van der Waals surface area (Å²) in [6, 6.07) is 18.4. The first-order chi connectivity index (χ1) is 16.0. The minimum Gasteiger partial charge on any atom is -0.497 e. The molecule has 1 heterocycles. The second kappa shape index (κ2) is 10.0. The van der Waals surface area contributed by atoms with Crippen LogP contribution >= 0.6 is 11.6 Å². The number of hydrogen-bond donors (Lipinski definition) is 0. The minimum absolute atomic E-state index is 0.0725. The molecule has 1 aliphatic heterocycles. The first kappa shape index (κ1) is 22.8. The normalized spacial score (nSPS) is 14.9. The zero-order chi connectivity index (χ0) is 23.4. The van der Waals surface area contributed by atoms with E-state index in [1.165, 1.54) is 0 Å². The van der Waals surface area contributed by atoms with E-state index in [2.05, 4.69) is 0 Å². The van der Waals surface area contributed by atoms with Crippen molar-refractivity contribution < 1.29 is 23.7 Å². The second-order valence-electron chi connectivity index (χ2n) is 7.66. The Morgan fingerprint density at radius 2 is 1.55 bits per heavy atom. The Labute approximate surface area is 198 Å². The molecule has 172 valence electrons. The van der Waals surface area contributed by atoms with Crippen molar-refractivity contribution in [2.45, 2.75) is 12.5 Å². The van der Waals surface area contributed by atoms with E-state index in [4.69, 9.17) is 30.5 Å². The van der Waals surface area contributed by atoms with Crippen LogP contribution in [0.3, 0.4) is 0 Å². The maximum Gasteiger partial charge on any atom is 0.261 e. The van der Waals surface area contributed by atoms with Gasteiger partial charge in [0.1, 0.15) is 11.5 Å². The highest BCUT2D eigenvalue weighted by Crippen LogP contribution is 2.41. The van der Waals surface area contributed by atoms with Crippen LogP contribution in [0.25, 0.3) is 0 Å². The first-order valence-corrected chi connectivity index (χ1v) is 11.0. The molecular weight excluding hydrogens is 442 g/mol. The number of rotatable bonds is 7. The van der Waals surface area contributed by atoms with Crippen LogP contribution in [0.15, 0.2) is 60.7 Å². The summed E-state index contributed by atoms with van der Waals surface area (Å²) in [4.78, 5) is 15.2. The third-order valence-corrected chi connectivity index (χ3v) is 6.05. The summed E-state index contributed by atoms with van der Waals surface area (Å²) in [5.74, 6) is 2.55. The van der Waals surface area contributed by atoms with Gasteiger partial charge in [-0.2, -0.15) is 0 Å². The molecule has 0 saturated heterocycles. The van der Waals surface area contributed by atoms with E-state index < -0.39 is 0 Å². The Balaban J connectivity index is 1.68. The minimum atomic E-state index is -0.291. The van der Waals surface area contributed by atoms with Crippen LogP contribution in [0, 0.1) is 0 Å². The number of methoxy groups -OCH3 is 3. The molecule has 0 spiro atoms. The molecule has 0 N–H and O–H groups in total. The number of fused-ring (bicyclic) bond motifs is 1. The summed E-state index contributed by atoms with van der Waals surface area (Å²) in [6.07, 6.45) is 0.703. The number of halogens is 1. The predicted octanol–water partition coefficient (Wildman–Crippen LogP) is 4.92. The van der Waals surface area contributed by atoms with Crippen LogP contribution in [-0.4, -0.2) is 45.3 Å². The fourth-order valence-corrected chi connectivity index (χ4v) is 4.24. The lowest BCUT2D eigenvalue weighted by molar-refractivity contribution is -0.135. The zero-order valence-electron chi connectivity index (χ0n) is 18.8. The van der Waals surface area contributed by atoms with Crippen molar-refractivity contribution in [3.8, 4) is 23.0 Å². The third-order valence-electron chi connectivity index (χ3n) is 5.80. The molecule has 1 amide bonds. The number of hydrogen-bond acceptors (Lipinski definition) is 5. The molecule has 0 bridgehead atoms. The van der Waals surface area contributed by atoms with Gasteiger partial charge in [-0.3, -0.25) is 4.79 Å². The van der Waals surface area contributed by atoms with Crippen LogP contribution < -0.4 is 18.9 Å². The summed E-state index contributed by atoms with van der Waals surface area (Å²) >= 11 is 5.94. The van der Waals surface area contributed by atoms with Crippen molar-refractivity contribution >= 4 is 17.5 Å². The average molecular weight is 468 g/mol. The van der Waals surface area contributed by atoms with Gasteiger partial charge in [0, 0.05) is 11.6 Å². The fourth-order valence-electron chi connectivity index (χ4n) is 4.12. The molecule has 0 aliphatic carbocycles. The fraction of sp³-hybridized carbons (Fsp3) is 0.269. The van der Waals surface area contributed by atoms with Crippen molar-refractivity contribution in [2.75, 3.05) is 34.5 Å². The summed E-state index contributed by atoms with van der Waals surface area (Å²) in [6.45, 7) is 0.485. The average Bonchev–Trinajstić information content (AvgIpc) is 2.86. The maximum atomic E-state index is 13.3. The topological polar surface area (TPSA) is 57.2 Å². The van der Waals surface area contributed by atoms with Crippen LogP contribution in [-0.2, 0) is 11.2 Å². The molecule has 3 aromatic carbocycles. The van der Waals surface area contributed by atoms with Gasteiger partial charge < -0.3 is 23.8 Å². The first-order valence-electron chi connectivity index (χ1n) is 10.6. The lowest BCUT2D eigenvalue weighted by Crippen LogP contribution is -2.43. The molecule has 0 saturated carbocycles. The van der Waals surface area contributed by atoms with E-state index in [1.807, 2.05) is 41.3 Å². The summed E-state index contributed by atoms with van der Waals surface area (Å²) < 4.78 is 22.1. The van der Waals surface area contributed by atoms with Gasteiger partial charge in [-0.15, -0.1) is 0 Å². The van der Waals surface area contributed by atoms with Crippen molar-refractivity contribution in [3.05, 3.63) is 82.4 Å². The molecule has 0 aromatic heterocycles. The van der Waals surface area contributed by atoms with Gasteiger partial charge in [-0.05, 0) is 71.6 Å². The zero-order valence-corrected chi connectivity index (χ0v) is 19.6. The van der Waals surface area contributed by atoms with Crippen molar-refractivity contribution in [3.63, 3.8) is 0 Å². The molecule has 3 aromatic rings. The standard InChI is InChI=1S/C26H26ClNO5/c1-30-20-8-4-17(5-9-20)26-22-15-24(32-3)23(31-2)14-18(22)12-13-28(26)25(29)16-33-21-10-6-19(27)7-11-21/h4-11,14-15,26H,12-13,16H2,1-3H3. The number of carbonyl (C=O) groups excluding carboxylic acids is 1. The van der Waals surface area contributed by atoms with Gasteiger partial charge in [0.05, 0.1) is 27.4 Å². The highest BCUT2D eigenvalue weighted by Gasteiger charge is 2.33. The van der Waals surface area contributed by atoms with Gasteiger partial charge in [0.25, 0.3) is 5.91 Å². The SMILES string of the molecule is COc1ccc(C2c3cc(OC)c(OC)cc3CCN2C(=O)COc2ccc(Cl)cc2)cc1. The van der Waals surface area contributed by atoms with Crippen molar-refractivity contribution in [2.24, 2.45) is 0 Å². The summed E-state index contributed by atoms with van der Waals surface area (Å²) in [5.41, 5.74) is 3.10. The molecule has 0 fully saturated rings. The van der Waals surface area contributed by atoms with E-state index in [1.54, 1.807) is 45.6 Å². The van der Waals surface area contributed by atoms with Crippen molar-refractivity contribution in [1.82, 2.24) is 4.90 Å². The quantitative estimate of drug-likeness (QED) is 0.493. The molecule has 0 radical (unpaired) electrons. The van der Waals surface area contributed by atoms with Gasteiger partial charge in [0.2, 0.25) is 0 Å². The molecule has 6 nitrogen and oxygen atoms in total. The Bertz CT molecular complexity index is 1110. The van der Waals surface area contributed by atoms with Crippen LogP contribution in [0.2, 0.25) is 5.02 Å². The van der Waals surface area contributed by atoms with Crippen molar-refractivity contribution in [1.29, 1.82) is 0 Å². The Hall–Kier alpha value is -3.38. The molecule has 1 aliphatic rings. The van der Waals surface area contributed by atoms with E-state index in [9.17, 15) is 4.79 Å². The lowest BCUT2D eigenvalue weighted by Gasteiger charge is -2.38. The number of benzene rings is 3. The largest absolute Gasteiger partial charge is 0.497 e. The number of carbonyl (C=O) groups is 1. The Kier molecular flexibility index (Phi) is 6.94. The van der Waals surface area contributed by atoms with Crippen LogP contribution in [0.4, 0.5) is 0 Å². The number of amides is 1. The highest BCUT2D eigenvalue weighted by atomic mass is 35.5. The molecule has 7 heteroatoms. The van der Waals surface area contributed by atoms with E-state index in [-0.39, 0.29) is 18.6 Å². The Morgan fingerprint density at radius 1 is 0.909 bits per heavy atom. The predicted molar refractivity (Wildman–Crippen MR) is 127 cm³/mol. The monoisotopic (exact) mass is 467 g/mol. The summed E-state index contributed by atoms with van der Waals surface area (Å²) in [5, 5.41) is 0.616. The molecule has 1 unspecified atom stereocenters. The van der Waals surface area contributed by atoms with Gasteiger partial charge >= 0.3 is 0 Å². The molecule has 33 heavy (non-hydrogen) atoms. The molecule has 4 rings (SSSR count). The van der Waals surface area contributed by atoms with Crippen LogP contribution in [0.1, 0.15) is 22.7 Å². The smallest absolute Gasteiger partial charge is 0.261 e. The van der Waals surface area contributed by atoms with E-state index in [0.29, 0.717) is 35.2 Å². The molecular formula is C26H26ClNO5. The second-order valence-corrected chi connectivity index (χ2v) is 8.10. The maximum absolute atomic E-state index is 13.3. The van der Waals surface area contributed by atoms with Crippen LogP contribution in [0.5, 0.6) is 23.0 Å². The highest BCUT2D eigenvalue weighted by molar-refractivity contribution is 6.30. The number of nitrogens with zero attached hydrogens (tertiary/aromatic N) is 1. The summed E-state index contributed by atoms with van der Waals surface area (Å²) in [7, 11) is 4.86. The van der Waals surface area contributed by atoms with E-state index in [0.717, 1.165) is 22.4 Å². The Morgan fingerprint density at radius 3 is 2.18 bits per heavy atom. The lowest BCUT2D eigenvalue weighted by atomic mass is 9.87. The van der Waals surface area contributed by atoms with Gasteiger partial charge in [0.15, 0.2) is 18.1 Å².